The molecule has 0 spiro atoms. The minimum absolute atomic E-state index is 0.0170. The molecule has 10 heteroatoms. The van der Waals surface area contributed by atoms with Crippen molar-refractivity contribution in [1.82, 2.24) is 4.31 Å². The molecule has 136 valence electrons. The molecule has 1 aliphatic heterocycles. The molecule has 0 bridgehead atoms. The number of benzene rings is 1. The number of fused-ring (bicyclic) bond motifs is 1. The number of ether oxygens (including phenoxy) is 3. The molecule has 9 nitrogen and oxygen atoms in total. The summed E-state index contributed by atoms with van der Waals surface area (Å²) in [7, 11) is -1.47. The molecule has 0 saturated carbocycles. The van der Waals surface area contributed by atoms with Gasteiger partial charge in [-0.1, -0.05) is 12.1 Å². The number of nitrogens with zero attached hydrogens (tertiary/aromatic N) is 1. The number of hydrogen-bond donors (Lipinski definition) is 1. The topological polar surface area (TPSA) is 125 Å². The van der Waals surface area contributed by atoms with Gasteiger partial charge in [-0.2, -0.15) is 0 Å². The highest BCUT2D eigenvalue weighted by Crippen LogP contribution is 2.36. The van der Waals surface area contributed by atoms with Crippen molar-refractivity contribution in [2.45, 2.75) is 11.3 Å². The predicted octanol–water partition coefficient (Wildman–Crippen LogP) is 0.664. The van der Waals surface area contributed by atoms with E-state index in [2.05, 4.69) is 4.74 Å². The molecule has 1 aromatic carbocycles. The third-order valence-corrected chi connectivity index (χ3v) is 5.27. The number of nitrogens with two attached hydrogens (primary N) is 1. The molecule has 0 radical (unpaired) electrons. The van der Waals surface area contributed by atoms with Crippen LogP contribution in [-0.4, -0.2) is 52.2 Å². The third kappa shape index (κ3) is 3.68. The van der Waals surface area contributed by atoms with E-state index in [4.69, 9.17) is 15.2 Å². The average molecular weight is 370 g/mol. The minimum atomic E-state index is -3.89. The van der Waals surface area contributed by atoms with Crippen molar-refractivity contribution in [1.29, 1.82) is 0 Å². The summed E-state index contributed by atoms with van der Waals surface area (Å²) in [6.45, 7) is 0.118. The Bertz CT molecular complexity index is 817. The summed E-state index contributed by atoms with van der Waals surface area (Å²) in [5.41, 5.74) is 5.34. The van der Waals surface area contributed by atoms with Crippen LogP contribution in [0.1, 0.15) is 12.0 Å². The van der Waals surface area contributed by atoms with Gasteiger partial charge in [-0.15, -0.1) is 0 Å². The Hall–Kier alpha value is -2.75. The van der Waals surface area contributed by atoms with Gasteiger partial charge in [-0.25, -0.2) is 13.2 Å². The number of amides is 1. The fraction of sp³-hybridized carbons (Fsp3) is 0.333. The number of hydrogen-bond acceptors (Lipinski definition) is 7. The van der Waals surface area contributed by atoms with Gasteiger partial charge in [0, 0.05) is 19.0 Å². The Morgan fingerprint density at radius 2 is 1.88 bits per heavy atom. The first-order chi connectivity index (χ1) is 11.8. The number of sulfonamides is 1. The van der Waals surface area contributed by atoms with Crippen LogP contribution in [-0.2, 0) is 29.0 Å². The van der Waals surface area contributed by atoms with Gasteiger partial charge in [0.05, 0.1) is 25.2 Å². The predicted molar refractivity (Wildman–Crippen MR) is 86.4 cm³/mol. The maximum absolute atomic E-state index is 12.5. The van der Waals surface area contributed by atoms with E-state index in [1.807, 2.05) is 0 Å². The van der Waals surface area contributed by atoms with Gasteiger partial charge in [0.1, 0.15) is 0 Å². The van der Waals surface area contributed by atoms with E-state index >= 15 is 0 Å². The standard InChI is InChI=1S/C15H18N2O7S/c1-17-12(14(16)18)13(23-8-5-9-24-15(19)22-2)10-6-3-4-7-11(10)25(17,20)21/h3-4,6-7H,5,8-9H2,1-2H3,(H2,16,18). The van der Waals surface area contributed by atoms with Crippen LogP contribution in [0.4, 0.5) is 4.79 Å². The highest BCUT2D eigenvalue weighted by atomic mass is 32.2. The van der Waals surface area contributed by atoms with Crippen LogP contribution in [0.3, 0.4) is 0 Å². The summed E-state index contributed by atoms with van der Waals surface area (Å²) in [4.78, 5) is 22.7. The molecule has 0 unspecified atom stereocenters. The van der Waals surface area contributed by atoms with Crippen LogP contribution in [0.25, 0.3) is 5.76 Å². The first-order valence-electron chi connectivity index (χ1n) is 7.26. The second-order valence-electron chi connectivity index (χ2n) is 5.02. The number of carbonyl (C=O) groups is 2. The number of likely N-dealkylation sites (N-methyl/N-ethyl adjacent to an activating group) is 1. The van der Waals surface area contributed by atoms with Crippen molar-refractivity contribution in [2.24, 2.45) is 5.73 Å². The minimum Gasteiger partial charge on any atom is -0.490 e. The molecule has 0 aliphatic carbocycles. The molecule has 1 amide bonds. The first-order valence-corrected chi connectivity index (χ1v) is 8.70. The number of methoxy groups -OCH3 is 1. The van der Waals surface area contributed by atoms with Crippen molar-refractivity contribution in [3.63, 3.8) is 0 Å². The van der Waals surface area contributed by atoms with Crippen LogP contribution in [0.15, 0.2) is 34.9 Å². The van der Waals surface area contributed by atoms with Gasteiger partial charge in [-0.05, 0) is 12.1 Å². The lowest BCUT2D eigenvalue weighted by atomic mass is 10.1. The summed E-state index contributed by atoms with van der Waals surface area (Å²) < 4.78 is 40.5. The van der Waals surface area contributed by atoms with Crippen molar-refractivity contribution >= 4 is 27.8 Å². The van der Waals surface area contributed by atoms with Gasteiger partial charge in [0.25, 0.3) is 15.9 Å². The highest BCUT2D eigenvalue weighted by molar-refractivity contribution is 7.89. The van der Waals surface area contributed by atoms with E-state index in [0.29, 0.717) is 6.42 Å². The second-order valence-corrected chi connectivity index (χ2v) is 6.95. The summed E-state index contributed by atoms with van der Waals surface area (Å²) in [5, 5.41) is 0. The fourth-order valence-electron chi connectivity index (χ4n) is 2.28. The van der Waals surface area contributed by atoms with E-state index in [1.165, 1.54) is 26.3 Å². The van der Waals surface area contributed by atoms with Crippen LogP contribution in [0, 0.1) is 0 Å². The quantitative estimate of drug-likeness (QED) is 0.576. The number of carbonyl (C=O) groups excluding carboxylic acids is 2. The Labute approximate surface area is 145 Å². The summed E-state index contributed by atoms with van der Waals surface area (Å²) in [5.74, 6) is -0.861. The van der Waals surface area contributed by atoms with Crippen molar-refractivity contribution in [3.05, 3.63) is 35.5 Å². The van der Waals surface area contributed by atoms with E-state index in [1.54, 1.807) is 12.1 Å². The molecule has 0 saturated heterocycles. The van der Waals surface area contributed by atoms with Gasteiger partial charge < -0.3 is 19.9 Å². The first kappa shape index (κ1) is 18.6. The van der Waals surface area contributed by atoms with Crippen molar-refractivity contribution in [2.75, 3.05) is 27.4 Å². The molecule has 1 aliphatic rings. The largest absolute Gasteiger partial charge is 0.507 e. The lowest BCUT2D eigenvalue weighted by Gasteiger charge is -2.29. The van der Waals surface area contributed by atoms with E-state index in [0.717, 1.165) is 4.31 Å². The normalized spacial score (nSPS) is 15.4. The summed E-state index contributed by atoms with van der Waals surface area (Å²) >= 11 is 0. The van der Waals surface area contributed by atoms with Crippen LogP contribution < -0.4 is 5.73 Å². The molecular formula is C15H18N2O7S. The Morgan fingerprint density at radius 1 is 1.20 bits per heavy atom. The highest BCUT2D eigenvalue weighted by Gasteiger charge is 2.37. The second kappa shape index (κ2) is 7.43. The molecule has 25 heavy (non-hydrogen) atoms. The van der Waals surface area contributed by atoms with E-state index in [-0.39, 0.29) is 35.1 Å². The van der Waals surface area contributed by atoms with Crippen molar-refractivity contribution in [3.8, 4) is 0 Å². The monoisotopic (exact) mass is 370 g/mol. The van der Waals surface area contributed by atoms with E-state index in [9.17, 15) is 18.0 Å². The van der Waals surface area contributed by atoms with Gasteiger partial charge in [0.2, 0.25) is 0 Å². The lowest BCUT2D eigenvalue weighted by molar-refractivity contribution is -0.115. The van der Waals surface area contributed by atoms with Gasteiger partial charge in [-0.3, -0.25) is 9.10 Å². The lowest BCUT2D eigenvalue weighted by Crippen LogP contribution is -2.38. The Balaban J connectivity index is 2.27. The summed E-state index contributed by atoms with van der Waals surface area (Å²) in [6, 6.07) is 6.15. The summed E-state index contributed by atoms with van der Waals surface area (Å²) in [6.07, 6.45) is -0.505. The molecule has 0 atom stereocenters. The van der Waals surface area contributed by atoms with Gasteiger partial charge >= 0.3 is 6.16 Å². The number of rotatable bonds is 6. The van der Waals surface area contributed by atoms with Crippen LogP contribution in [0.5, 0.6) is 0 Å². The molecule has 2 N–H and O–H groups in total. The van der Waals surface area contributed by atoms with Crippen LogP contribution >= 0.6 is 0 Å². The molecular weight excluding hydrogens is 352 g/mol. The smallest absolute Gasteiger partial charge is 0.490 e. The maximum atomic E-state index is 12.5. The third-order valence-electron chi connectivity index (χ3n) is 3.46. The molecule has 1 aromatic rings. The SMILES string of the molecule is COC(=O)OCCCOC1=C(C(N)=O)N(C)S(=O)(=O)c2ccccc21. The van der Waals surface area contributed by atoms with Gasteiger partial charge in [0.15, 0.2) is 11.5 Å². The average Bonchev–Trinajstić information content (AvgIpc) is 2.58. The Kier molecular flexibility index (Phi) is 5.52. The molecule has 0 aromatic heterocycles. The zero-order chi connectivity index (χ0) is 18.6. The van der Waals surface area contributed by atoms with Crippen molar-refractivity contribution < 1.29 is 32.2 Å². The van der Waals surface area contributed by atoms with Crippen LogP contribution in [0.2, 0.25) is 0 Å². The zero-order valence-electron chi connectivity index (χ0n) is 13.7. The zero-order valence-corrected chi connectivity index (χ0v) is 14.5. The molecule has 0 fully saturated rings. The maximum Gasteiger partial charge on any atom is 0.507 e. The molecule has 1 heterocycles. The molecule has 2 rings (SSSR count). The fourth-order valence-corrected chi connectivity index (χ4v) is 3.68. The number of primary amides is 1. The van der Waals surface area contributed by atoms with E-state index < -0.39 is 22.1 Å². The Morgan fingerprint density at radius 3 is 2.52 bits per heavy atom.